The van der Waals surface area contributed by atoms with Crippen molar-refractivity contribution in [3.8, 4) is 5.75 Å². The average molecular weight is 292 g/mol. The predicted molar refractivity (Wildman–Crippen MR) is 90.4 cm³/mol. The van der Waals surface area contributed by atoms with Gasteiger partial charge in [0.05, 0.1) is 6.61 Å². The van der Waals surface area contributed by atoms with Gasteiger partial charge < -0.3 is 9.47 Å². The van der Waals surface area contributed by atoms with Crippen LogP contribution in [0.1, 0.15) is 65.5 Å². The van der Waals surface area contributed by atoms with Crippen LogP contribution in [0.4, 0.5) is 0 Å². The highest BCUT2D eigenvalue weighted by atomic mass is 16.5. The normalized spacial score (nSPS) is 12.5. The van der Waals surface area contributed by atoms with E-state index in [1.165, 1.54) is 11.1 Å². The highest BCUT2D eigenvalue weighted by Crippen LogP contribution is 2.38. The van der Waals surface area contributed by atoms with Gasteiger partial charge in [0.2, 0.25) is 0 Å². The summed E-state index contributed by atoms with van der Waals surface area (Å²) in [5.41, 5.74) is 3.01. The molecule has 0 bridgehead atoms. The van der Waals surface area contributed by atoms with Crippen LogP contribution >= 0.6 is 0 Å². The fourth-order valence-electron chi connectivity index (χ4n) is 2.24. The van der Waals surface area contributed by atoms with E-state index < -0.39 is 0 Å². The molecule has 0 aliphatic rings. The Labute approximate surface area is 130 Å². The molecule has 0 saturated carbocycles. The molecule has 0 aliphatic heterocycles. The summed E-state index contributed by atoms with van der Waals surface area (Å²) in [5.74, 6) is 0.995. The Bertz CT molecular complexity index is 447. The molecule has 1 rings (SSSR count). The fraction of sp³-hybridized carbons (Fsp3) is 0.684. The van der Waals surface area contributed by atoms with Gasteiger partial charge in [-0.15, -0.1) is 0 Å². The first-order chi connectivity index (χ1) is 9.78. The molecule has 120 valence electrons. The molecule has 1 aromatic rings. The standard InChI is InChI=1S/C19H32O2/c1-8-18(3,4)15-10-11-17(21-13-12-20-7)16(14-15)19(5,6)9-2/h10-11,14H,8-9,12-13H2,1-7H3. The van der Waals surface area contributed by atoms with Crippen molar-refractivity contribution in [2.24, 2.45) is 0 Å². The van der Waals surface area contributed by atoms with Crippen molar-refractivity contribution in [3.63, 3.8) is 0 Å². The van der Waals surface area contributed by atoms with E-state index in [1.54, 1.807) is 7.11 Å². The predicted octanol–water partition coefficient (Wildman–Crippen LogP) is 5.09. The van der Waals surface area contributed by atoms with Crippen LogP contribution in [-0.4, -0.2) is 20.3 Å². The maximum Gasteiger partial charge on any atom is 0.123 e. The summed E-state index contributed by atoms with van der Waals surface area (Å²) in [6.45, 7) is 14.9. The van der Waals surface area contributed by atoms with Gasteiger partial charge in [0.1, 0.15) is 12.4 Å². The molecule has 0 spiro atoms. The van der Waals surface area contributed by atoms with Crippen LogP contribution in [0.15, 0.2) is 18.2 Å². The SMILES string of the molecule is CCC(C)(C)c1ccc(OCCOC)c(C(C)(C)CC)c1. The fourth-order valence-corrected chi connectivity index (χ4v) is 2.24. The lowest BCUT2D eigenvalue weighted by molar-refractivity contribution is 0.145. The minimum Gasteiger partial charge on any atom is -0.491 e. The molecule has 0 fully saturated rings. The molecular formula is C19H32O2. The largest absolute Gasteiger partial charge is 0.491 e. The molecule has 0 radical (unpaired) electrons. The molecule has 0 N–H and O–H groups in total. The minimum absolute atomic E-state index is 0.113. The summed E-state index contributed by atoms with van der Waals surface area (Å²) < 4.78 is 11.0. The number of ether oxygens (including phenoxy) is 2. The van der Waals surface area contributed by atoms with Crippen molar-refractivity contribution in [1.82, 2.24) is 0 Å². The molecular weight excluding hydrogens is 260 g/mol. The van der Waals surface area contributed by atoms with Gasteiger partial charge in [-0.2, -0.15) is 0 Å². The summed E-state index contributed by atoms with van der Waals surface area (Å²) in [6.07, 6.45) is 2.21. The number of benzene rings is 1. The van der Waals surface area contributed by atoms with Crippen molar-refractivity contribution < 1.29 is 9.47 Å². The first kappa shape index (κ1) is 18.0. The van der Waals surface area contributed by atoms with E-state index in [9.17, 15) is 0 Å². The Kier molecular flexibility index (Phi) is 6.27. The molecule has 2 nitrogen and oxygen atoms in total. The summed E-state index contributed by atoms with van der Waals surface area (Å²) in [6, 6.07) is 6.69. The van der Waals surface area contributed by atoms with Crippen LogP contribution in [0, 0.1) is 0 Å². The van der Waals surface area contributed by atoms with E-state index in [-0.39, 0.29) is 10.8 Å². The molecule has 0 atom stereocenters. The van der Waals surface area contributed by atoms with Crippen molar-refractivity contribution >= 4 is 0 Å². The van der Waals surface area contributed by atoms with Gasteiger partial charge in [0.25, 0.3) is 0 Å². The van der Waals surface area contributed by atoms with Gasteiger partial charge in [-0.3, -0.25) is 0 Å². The first-order valence-electron chi connectivity index (χ1n) is 8.05. The third kappa shape index (κ3) is 4.47. The zero-order chi connectivity index (χ0) is 16.1. The van der Waals surface area contributed by atoms with Crippen molar-refractivity contribution in [3.05, 3.63) is 29.3 Å². The van der Waals surface area contributed by atoms with Gasteiger partial charge in [-0.05, 0) is 35.3 Å². The quantitative estimate of drug-likeness (QED) is 0.622. The number of hydrogen-bond donors (Lipinski definition) is 0. The summed E-state index contributed by atoms with van der Waals surface area (Å²) in [7, 11) is 1.70. The van der Waals surface area contributed by atoms with E-state index in [1.807, 2.05) is 0 Å². The van der Waals surface area contributed by atoms with Crippen LogP contribution in [0.3, 0.4) is 0 Å². The Morgan fingerprint density at radius 1 is 0.905 bits per heavy atom. The summed E-state index contributed by atoms with van der Waals surface area (Å²) in [4.78, 5) is 0. The zero-order valence-corrected chi connectivity index (χ0v) is 14.9. The monoisotopic (exact) mass is 292 g/mol. The molecule has 0 aliphatic carbocycles. The number of rotatable bonds is 8. The Balaban J connectivity index is 3.20. The summed E-state index contributed by atoms with van der Waals surface area (Å²) >= 11 is 0. The third-order valence-electron chi connectivity index (χ3n) is 4.80. The number of hydrogen-bond acceptors (Lipinski definition) is 2. The molecule has 0 aromatic heterocycles. The lowest BCUT2D eigenvalue weighted by atomic mass is 9.76. The highest BCUT2D eigenvalue weighted by Gasteiger charge is 2.26. The van der Waals surface area contributed by atoms with Crippen LogP contribution < -0.4 is 4.74 Å². The van der Waals surface area contributed by atoms with Crippen LogP contribution in [0.25, 0.3) is 0 Å². The van der Waals surface area contributed by atoms with Gasteiger partial charge in [0, 0.05) is 12.7 Å². The Hall–Kier alpha value is -1.02. The lowest BCUT2D eigenvalue weighted by Gasteiger charge is -2.30. The van der Waals surface area contributed by atoms with Crippen molar-refractivity contribution in [2.45, 2.75) is 65.2 Å². The molecule has 0 unspecified atom stereocenters. The minimum atomic E-state index is 0.113. The molecule has 0 heterocycles. The highest BCUT2D eigenvalue weighted by molar-refractivity contribution is 5.44. The van der Waals surface area contributed by atoms with Gasteiger partial charge in [-0.1, -0.05) is 53.7 Å². The molecule has 21 heavy (non-hydrogen) atoms. The van der Waals surface area contributed by atoms with Crippen molar-refractivity contribution in [2.75, 3.05) is 20.3 Å². The smallest absolute Gasteiger partial charge is 0.123 e. The van der Waals surface area contributed by atoms with E-state index >= 15 is 0 Å². The van der Waals surface area contributed by atoms with Gasteiger partial charge >= 0.3 is 0 Å². The van der Waals surface area contributed by atoms with Crippen LogP contribution in [0.2, 0.25) is 0 Å². The van der Waals surface area contributed by atoms with Gasteiger partial charge in [-0.25, -0.2) is 0 Å². The third-order valence-corrected chi connectivity index (χ3v) is 4.80. The topological polar surface area (TPSA) is 18.5 Å². The van der Waals surface area contributed by atoms with Gasteiger partial charge in [0.15, 0.2) is 0 Å². The number of methoxy groups -OCH3 is 1. The van der Waals surface area contributed by atoms with E-state index in [2.05, 4.69) is 59.7 Å². The second kappa shape index (κ2) is 7.31. The Morgan fingerprint density at radius 2 is 1.52 bits per heavy atom. The summed E-state index contributed by atoms with van der Waals surface area (Å²) in [5, 5.41) is 0. The molecule has 0 saturated heterocycles. The lowest BCUT2D eigenvalue weighted by Crippen LogP contribution is -2.21. The maximum atomic E-state index is 5.94. The van der Waals surface area contributed by atoms with Crippen molar-refractivity contribution in [1.29, 1.82) is 0 Å². The second-order valence-corrected chi connectivity index (χ2v) is 7.03. The molecule has 1 aromatic carbocycles. The van der Waals surface area contributed by atoms with Crippen LogP contribution in [0.5, 0.6) is 5.75 Å². The van der Waals surface area contributed by atoms with E-state index in [4.69, 9.17) is 9.47 Å². The second-order valence-electron chi connectivity index (χ2n) is 7.03. The zero-order valence-electron chi connectivity index (χ0n) is 14.9. The average Bonchev–Trinajstić information content (AvgIpc) is 2.47. The van der Waals surface area contributed by atoms with E-state index in [0.717, 1.165) is 18.6 Å². The Morgan fingerprint density at radius 3 is 2.05 bits per heavy atom. The molecule has 2 heteroatoms. The van der Waals surface area contributed by atoms with E-state index in [0.29, 0.717) is 13.2 Å². The maximum absolute atomic E-state index is 5.94. The first-order valence-corrected chi connectivity index (χ1v) is 8.05. The molecule has 0 amide bonds. The van der Waals surface area contributed by atoms with Crippen LogP contribution in [-0.2, 0) is 15.6 Å².